The zero-order valence-electron chi connectivity index (χ0n) is 9.08. The van der Waals surface area contributed by atoms with Crippen molar-refractivity contribution in [1.29, 1.82) is 0 Å². The lowest BCUT2D eigenvalue weighted by molar-refractivity contribution is 0.302. The average molecular weight is 219 g/mol. The summed E-state index contributed by atoms with van der Waals surface area (Å²) in [7, 11) is 0. The van der Waals surface area contributed by atoms with E-state index in [-0.39, 0.29) is 5.82 Å². The van der Waals surface area contributed by atoms with Gasteiger partial charge in [-0.2, -0.15) is 0 Å². The maximum absolute atomic E-state index is 13.4. The first-order valence-corrected chi connectivity index (χ1v) is 5.72. The molecule has 0 saturated carbocycles. The first-order chi connectivity index (χ1) is 7.83. The normalized spacial score (nSPS) is 17.3. The molecule has 1 aliphatic rings. The topological polar surface area (TPSA) is 16.4 Å². The van der Waals surface area contributed by atoms with Crippen LogP contribution in [0.1, 0.15) is 18.6 Å². The molecule has 84 valence electrons. The molecule has 2 heterocycles. The van der Waals surface area contributed by atoms with E-state index in [1.165, 1.54) is 18.9 Å². The van der Waals surface area contributed by atoms with Crippen molar-refractivity contribution in [3.8, 4) is 0 Å². The number of fused-ring (bicyclic) bond motifs is 1. The van der Waals surface area contributed by atoms with Crippen LogP contribution in [0.4, 0.5) is 4.39 Å². The van der Waals surface area contributed by atoms with Gasteiger partial charge in [0, 0.05) is 0 Å². The Morgan fingerprint density at radius 1 is 1.25 bits per heavy atom. The average Bonchev–Trinajstić information content (AvgIpc) is 2.88. The Hall–Kier alpha value is -1.35. The van der Waals surface area contributed by atoms with Gasteiger partial charge in [-0.05, 0) is 44.1 Å². The Morgan fingerprint density at radius 2 is 2.06 bits per heavy atom. The molecule has 1 saturated heterocycles. The van der Waals surface area contributed by atoms with Crippen LogP contribution in [0.5, 0.6) is 0 Å². The van der Waals surface area contributed by atoms with Crippen LogP contribution < -0.4 is 0 Å². The minimum absolute atomic E-state index is 0.200. The summed E-state index contributed by atoms with van der Waals surface area (Å²) in [6, 6.07) is 6.78. The highest BCUT2D eigenvalue weighted by atomic mass is 19.1. The molecule has 2 aromatic rings. The SMILES string of the molecule is Fc1cccc2oc(CN3CCCC3)cc12. The molecule has 1 aromatic carbocycles. The van der Waals surface area contributed by atoms with Crippen molar-refractivity contribution in [2.75, 3.05) is 13.1 Å². The smallest absolute Gasteiger partial charge is 0.137 e. The molecule has 1 aliphatic heterocycles. The van der Waals surface area contributed by atoms with Crippen molar-refractivity contribution in [2.24, 2.45) is 0 Å². The van der Waals surface area contributed by atoms with Crippen molar-refractivity contribution < 1.29 is 8.81 Å². The van der Waals surface area contributed by atoms with E-state index < -0.39 is 0 Å². The van der Waals surface area contributed by atoms with Crippen molar-refractivity contribution in [1.82, 2.24) is 4.90 Å². The highest BCUT2D eigenvalue weighted by molar-refractivity contribution is 5.78. The number of hydrogen-bond donors (Lipinski definition) is 0. The van der Waals surface area contributed by atoms with Gasteiger partial charge in [-0.15, -0.1) is 0 Å². The van der Waals surface area contributed by atoms with E-state index in [2.05, 4.69) is 4.90 Å². The van der Waals surface area contributed by atoms with E-state index in [1.54, 1.807) is 6.07 Å². The molecular weight excluding hydrogens is 205 g/mol. The molecule has 1 aromatic heterocycles. The molecule has 0 radical (unpaired) electrons. The zero-order valence-corrected chi connectivity index (χ0v) is 9.08. The molecule has 3 heteroatoms. The van der Waals surface area contributed by atoms with E-state index in [0.717, 1.165) is 25.4 Å². The van der Waals surface area contributed by atoms with Crippen LogP contribution in [-0.2, 0) is 6.54 Å². The highest BCUT2D eigenvalue weighted by Gasteiger charge is 2.15. The van der Waals surface area contributed by atoms with Gasteiger partial charge < -0.3 is 4.42 Å². The molecule has 0 spiro atoms. The van der Waals surface area contributed by atoms with Crippen LogP contribution in [0.25, 0.3) is 11.0 Å². The van der Waals surface area contributed by atoms with E-state index in [4.69, 9.17) is 4.42 Å². The van der Waals surface area contributed by atoms with Crippen molar-refractivity contribution in [3.63, 3.8) is 0 Å². The monoisotopic (exact) mass is 219 g/mol. The number of nitrogens with zero attached hydrogens (tertiary/aromatic N) is 1. The molecule has 0 N–H and O–H groups in total. The van der Waals surface area contributed by atoms with Crippen LogP contribution in [0.15, 0.2) is 28.7 Å². The Bertz CT molecular complexity index is 500. The number of halogens is 1. The Kier molecular flexibility index (Phi) is 2.40. The van der Waals surface area contributed by atoms with Gasteiger partial charge in [0.05, 0.1) is 11.9 Å². The molecule has 1 fully saturated rings. The van der Waals surface area contributed by atoms with Crippen LogP contribution in [0.2, 0.25) is 0 Å². The Morgan fingerprint density at radius 3 is 2.81 bits per heavy atom. The summed E-state index contributed by atoms with van der Waals surface area (Å²) >= 11 is 0. The fourth-order valence-corrected chi connectivity index (χ4v) is 2.32. The molecule has 0 amide bonds. The molecule has 0 atom stereocenters. The second kappa shape index (κ2) is 3.91. The van der Waals surface area contributed by atoms with Gasteiger partial charge in [0.2, 0.25) is 0 Å². The number of hydrogen-bond acceptors (Lipinski definition) is 2. The van der Waals surface area contributed by atoms with Crippen molar-refractivity contribution in [3.05, 3.63) is 35.8 Å². The van der Waals surface area contributed by atoms with Gasteiger partial charge in [0.25, 0.3) is 0 Å². The molecule has 2 nitrogen and oxygen atoms in total. The standard InChI is InChI=1S/C13H14FNO/c14-12-4-3-5-13-11(12)8-10(16-13)9-15-6-1-2-7-15/h3-5,8H,1-2,6-7,9H2. The lowest BCUT2D eigenvalue weighted by atomic mass is 10.2. The highest BCUT2D eigenvalue weighted by Crippen LogP contribution is 2.23. The first kappa shape index (κ1) is 9.85. The number of rotatable bonds is 2. The molecule has 0 aliphatic carbocycles. The predicted molar refractivity (Wildman–Crippen MR) is 60.7 cm³/mol. The number of benzene rings is 1. The zero-order chi connectivity index (χ0) is 11.0. The number of likely N-dealkylation sites (tertiary alicyclic amines) is 1. The second-order valence-corrected chi connectivity index (χ2v) is 4.35. The predicted octanol–water partition coefficient (Wildman–Crippen LogP) is 3.17. The molecule has 0 bridgehead atoms. The van der Waals surface area contributed by atoms with Crippen LogP contribution in [0, 0.1) is 5.82 Å². The third-order valence-electron chi connectivity index (χ3n) is 3.14. The van der Waals surface area contributed by atoms with Gasteiger partial charge in [-0.1, -0.05) is 6.07 Å². The number of furan rings is 1. The van der Waals surface area contributed by atoms with Gasteiger partial charge in [-0.3, -0.25) is 4.90 Å². The lowest BCUT2D eigenvalue weighted by Crippen LogP contribution is -2.17. The van der Waals surface area contributed by atoms with Crippen molar-refractivity contribution in [2.45, 2.75) is 19.4 Å². The first-order valence-electron chi connectivity index (χ1n) is 5.72. The summed E-state index contributed by atoms with van der Waals surface area (Å²) in [4.78, 5) is 2.34. The van der Waals surface area contributed by atoms with Crippen LogP contribution >= 0.6 is 0 Å². The third kappa shape index (κ3) is 1.71. The Labute approximate surface area is 93.7 Å². The van der Waals surface area contributed by atoms with Gasteiger partial charge in [-0.25, -0.2) is 4.39 Å². The fraction of sp³-hybridized carbons (Fsp3) is 0.385. The maximum atomic E-state index is 13.4. The van der Waals surface area contributed by atoms with E-state index >= 15 is 0 Å². The largest absolute Gasteiger partial charge is 0.460 e. The summed E-state index contributed by atoms with van der Waals surface area (Å²) < 4.78 is 19.1. The third-order valence-corrected chi connectivity index (χ3v) is 3.14. The van der Waals surface area contributed by atoms with Crippen molar-refractivity contribution >= 4 is 11.0 Å². The maximum Gasteiger partial charge on any atom is 0.137 e. The fourth-order valence-electron chi connectivity index (χ4n) is 2.32. The Balaban J connectivity index is 1.90. The summed E-state index contributed by atoms with van der Waals surface area (Å²) in [5.74, 6) is 0.663. The minimum atomic E-state index is -0.200. The van der Waals surface area contributed by atoms with E-state index in [9.17, 15) is 4.39 Å². The van der Waals surface area contributed by atoms with Crippen LogP contribution in [-0.4, -0.2) is 18.0 Å². The molecule has 0 unspecified atom stereocenters. The molecular formula is C13H14FNO. The lowest BCUT2D eigenvalue weighted by Gasteiger charge is -2.11. The minimum Gasteiger partial charge on any atom is -0.460 e. The van der Waals surface area contributed by atoms with Gasteiger partial charge in [0.1, 0.15) is 17.2 Å². The molecule has 16 heavy (non-hydrogen) atoms. The second-order valence-electron chi connectivity index (χ2n) is 4.35. The van der Waals surface area contributed by atoms with E-state index in [0.29, 0.717) is 11.0 Å². The summed E-state index contributed by atoms with van der Waals surface area (Å²) in [6.45, 7) is 3.05. The quantitative estimate of drug-likeness (QED) is 0.771. The summed E-state index contributed by atoms with van der Waals surface area (Å²) in [6.07, 6.45) is 2.52. The van der Waals surface area contributed by atoms with Gasteiger partial charge >= 0.3 is 0 Å². The summed E-state index contributed by atoms with van der Waals surface area (Å²) in [5, 5.41) is 0.594. The van der Waals surface area contributed by atoms with Gasteiger partial charge in [0.15, 0.2) is 0 Å². The summed E-state index contributed by atoms with van der Waals surface area (Å²) in [5.41, 5.74) is 0.647. The van der Waals surface area contributed by atoms with Crippen LogP contribution in [0.3, 0.4) is 0 Å². The van der Waals surface area contributed by atoms with E-state index in [1.807, 2.05) is 12.1 Å². The molecule has 3 rings (SSSR count).